The zero-order chi connectivity index (χ0) is 14.4. The Bertz CT molecular complexity index is 438. The van der Waals surface area contributed by atoms with E-state index in [1.54, 1.807) is 6.92 Å². The van der Waals surface area contributed by atoms with Crippen molar-refractivity contribution in [3.63, 3.8) is 0 Å². The van der Waals surface area contributed by atoms with Gasteiger partial charge in [0.2, 0.25) is 0 Å². The molecule has 6 heteroatoms. The average molecular weight is 282 g/mol. The molecule has 0 radical (unpaired) electrons. The van der Waals surface area contributed by atoms with Gasteiger partial charge in [-0.05, 0) is 39.0 Å². The third-order valence-corrected chi connectivity index (χ3v) is 3.62. The molecule has 0 saturated carbocycles. The van der Waals surface area contributed by atoms with Crippen LogP contribution in [0.1, 0.15) is 53.9 Å². The van der Waals surface area contributed by atoms with Gasteiger partial charge in [0, 0.05) is 13.2 Å². The number of aromatic nitrogens is 1. The number of aryl methyl sites for hydroxylation is 1. The fourth-order valence-corrected chi connectivity index (χ4v) is 2.41. The summed E-state index contributed by atoms with van der Waals surface area (Å²) in [5.74, 6) is 0.194. The van der Waals surface area contributed by atoms with Crippen molar-refractivity contribution >= 4 is 5.91 Å². The number of hydrogen-bond acceptors (Lipinski definition) is 5. The molecular formula is C14H22N2O4. The Balaban J connectivity index is 1.66. The second kappa shape index (κ2) is 7.40. The van der Waals surface area contributed by atoms with E-state index in [0.717, 1.165) is 38.7 Å². The van der Waals surface area contributed by atoms with Crippen LogP contribution in [0.25, 0.3) is 0 Å². The molecule has 6 nitrogen and oxygen atoms in total. The van der Waals surface area contributed by atoms with E-state index in [1.807, 2.05) is 0 Å². The van der Waals surface area contributed by atoms with Gasteiger partial charge in [0.15, 0.2) is 5.69 Å². The Morgan fingerprint density at radius 2 is 2.35 bits per heavy atom. The van der Waals surface area contributed by atoms with Crippen LogP contribution in [-0.2, 0) is 11.3 Å². The van der Waals surface area contributed by atoms with Gasteiger partial charge in [-0.25, -0.2) is 0 Å². The average Bonchev–Trinajstić information content (AvgIpc) is 3.07. The Morgan fingerprint density at radius 3 is 3.05 bits per heavy atom. The standard InChI is InChI=1S/C14H22N2O4/c1-10-12(9-17)13(16-20-10)14(18)15-7-3-2-5-11-6-4-8-19-11/h11,17H,2-9H2,1H3,(H,15,18). The van der Waals surface area contributed by atoms with Gasteiger partial charge in [0.1, 0.15) is 5.76 Å². The first-order valence-corrected chi connectivity index (χ1v) is 7.18. The SMILES string of the molecule is Cc1onc(C(=O)NCCCCC2CCCO2)c1CO. The Morgan fingerprint density at radius 1 is 1.50 bits per heavy atom. The molecule has 0 aromatic carbocycles. The molecule has 1 aromatic heterocycles. The highest BCUT2D eigenvalue weighted by molar-refractivity contribution is 5.93. The Hall–Kier alpha value is -1.40. The van der Waals surface area contributed by atoms with Crippen molar-refractivity contribution in [2.75, 3.05) is 13.2 Å². The van der Waals surface area contributed by atoms with Crippen LogP contribution < -0.4 is 5.32 Å². The quantitative estimate of drug-likeness (QED) is 0.741. The zero-order valence-electron chi connectivity index (χ0n) is 11.9. The molecule has 2 rings (SSSR count). The molecule has 1 fully saturated rings. The molecule has 0 aliphatic carbocycles. The van der Waals surface area contributed by atoms with Crippen LogP contribution in [0.3, 0.4) is 0 Å². The highest BCUT2D eigenvalue weighted by Crippen LogP contribution is 2.17. The molecule has 2 heterocycles. The molecule has 112 valence electrons. The predicted octanol–water partition coefficient (Wildman–Crippen LogP) is 1.55. The minimum absolute atomic E-state index is 0.184. The summed E-state index contributed by atoms with van der Waals surface area (Å²) < 4.78 is 10.5. The molecule has 20 heavy (non-hydrogen) atoms. The van der Waals surface area contributed by atoms with E-state index in [4.69, 9.17) is 9.26 Å². The lowest BCUT2D eigenvalue weighted by atomic mass is 10.1. The highest BCUT2D eigenvalue weighted by atomic mass is 16.5. The van der Waals surface area contributed by atoms with E-state index in [0.29, 0.717) is 24.0 Å². The van der Waals surface area contributed by atoms with Crippen LogP contribution in [-0.4, -0.2) is 35.4 Å². The fraction of sp³-hybridized carbons (Fsp3) is 0.714. The number of aliphatic hydroxyl groups excluding tert-OH is 1. The van der Waals surface area contributed by atoms with E-state index in [2.05, 4.69) is 10.5 Å². The second-order valence-corrected chi connectivity index (χ2v) is 5.11. The van der Waals surface area contributed by atoms with Crippen molar-refractivity contribution in [1.82, 2.24) is 10.5 Å². The lowest BCUT2D eigenvalue weighted by molar-refractivity contribution is 0.0936. The maximum atomic E-state index is 11.9. The maximum Gasteiger partial charge on any atom is 0.273 e. The van der Waals surface area contributed by atoms with Gasteiger partial charge in [0.05, 0.1) is 18.3 Å². The molecule has 1 aliphatic rings. The van der Waals surface area contributed by atoms with Crippen molar-refractivity contribution in [2.45, 2.75) is 51.7 Å². The van der Waals surface area contributed by atoms with Crippen LogP contribution in [0.5, 0.6) is 0 Å². The van der Waals surface area contributed by atoms with Crippen LogP contribution in [0.15, 0.2) is 4.52 Å². The Labute approximate surface area is 118 Å². The number of ether oxygens (including phenoxy) is 1. The van der Waals surface area contributed by atoms with Gasteiger partial charge in [-0.3, -0.25) is 4.79 Å². The molecule has 1 unspecified atom stereocenters. The summed E-state index contributed by atoms with van der Waals surface area (Å²) in [6.07, 6.45) is 5.74. The lowest BCUT2D eigenvalue weighted by Gasteiger charge is -2.08. The highest BCUT2D eigenvalue weighted by Gasteiger charge is 2.18. The van der Waals surface area contributed by atoms with Gasteiger partial charge in [-0.1, -0.05) is 5.16 Å². The number of carbonyl (C=O) groups excluding carboxylic acids is 1. The van der Waals surface area contributed by atoms with Crippen LogP contribution in [0.4, 0.5) is 0 Å². The second-order valence-electron chi connectivity index (χ2n) is 5.11. The summed E-state index contributed by atoms with van der Waals surface area (Å²) in [6.45, 7) is 2.92. The summed E-state index contributed by atoms with van der Waals surface area (Å²) in [5.41, 5.74) is 0.644. The molecule has 1 aromatic rings. The van der Waals surface area contributed by atoms with Crippen molar-refractivity contribution < 1.29 is 19.2 Å². The van der Waals surface area contributed by atoms with Gasteiger partial charge in [-0.2, -0.15) is 0 Å². The van der Waals surface area contributed by atoms with Crippen LogP contribution >= 0.6 is 0 Å². The fourth-order valence-electron chi connectivity index (χ4n) is 2.41. The lowest BCUT2D eigenvalue weighted by Crippen LogP contribution is -2.26. The summed E-state index contributed by atoms with van der Waals surface area (Å²) >= 11 is 0. The number of hydrogen-bond donors (Lipinski definition) is 2. The van der Waals surface area contributed by atoms with E-state index in [1.165, 1.54) is 0 Å². The molecule has 1 atom stereocenters. The normalized spacial score (nSPS) is 18.4. The van der Waals surface area contributed by atoms with E-state index >= 15 is 0 Å². The van der Waals surface area contributed by atoms with Gasteiger partial charge in [-0.15, -0.1) is 0 Å². The van der Waals surface area contributed by atoms with Gasteiger partial charge < -0.3 is 19.7 Å². The minimum Gasteiger partial charge on any atom is -0.391 e. The monoisotopic (exact) mass is 282 g/mol. The molecule has 1 amide bonds. The molecule has 1 saturated heterocycles. The number of amides is 1. The van der Waals surface area contributed by atoms with Crippen molar-refractivity contribution in [3.05, 3.63) is 17.0 Å². The van der Waals surface area contributed by atoms with Crippen molar-refractivity contribution in [2.24, 2.45) is 0 Å². The van der Waals surface area contributed by atoms with Gasteiger partial charge >= 0.3 is 0 Å². The van der Waals surface area contributed by atoms with Crippen LogP contribution in [0.2, 0.25) is 0 Å². The van der Waals surface area contributed by atoms with Crippen molar-refractivity contribution in [1.29, 1.82) is 0 Å². The minimum atomic E-state index is -0.289. The zero-order valence-corrected chi connectivity index (χ0v) is 11.9. The first-order valence-electron chi connectivity index (χ1n) is 7.18. The number of aliphatic hydroxyl groups is 1. The summed E-state index contributed by atoms with van der Waals surface area (Å²) in [5, 5.41) is 15.7. The first-order chi connectivity index (χ1) is 9.72. The molecule has 2 N–H and O–H groups in total. The number of nitrogens with zero attached hydrogens (tertiary/aromatic N) is 1. The van der Waals surface area contributed by atoms with E-state index < -0.39 is 0 Å². The third kappa shape index (κ3) is 3.80. The molecule has 0 spiro atoms. The van der Waals surface area contributed by atoms with Crippen LogP contribution in [0, 0.1) is 6.92 Å². The number of rotatable bonds is 7. The third-order valence-electron chi connectivity index (χ3n) is 3.62. The van der Waals surface area contributed by atoms with Gasteiger partial charge in [0.25, 0.3) is 5.91 Å². The largest absolute Gasteiger partial charge is 0.391 e. The van der Waals surface area contributed by atoms with E-state index in [-0.39, 0.29) is 18.2 Å². The predicted molar refractivity (Wildman–Crippen MR) is 72.3 cm³/mol. The number of carbonyl (C=O) groups is 1. The Kier molecular flexibility index (Phi) is 5.55. The number of unbranched alkanes of at least 4 members (excludes halogenated alkanes) is 1. The summed E-state index contributed by atoms with van der Waals surface area (Å²) in [4.78, 5) is 11.9. The summed E-state index contributed by atoms with van der Waals surface area (Å²) in [6, 6.07) is 0. The van der Waals surface area contributed by atoms with Crippen molar-refractivity contribution in [3.8, 4) is 0 Å². The molecule has 0 bridgehead atoms. The summed E-state index contributed by atoms with van der Waals surface area (Å²) in [7, 11) is 0. The molecule has 1 aliphatic heterocycles. The first kappa shape index (κ1) is 15.0. The van der Waals surface area contributed by atoms with E-state index in [9.17, 15) is 9.90 Å². The smallest absolute Gasteiger partial charge is 0.273 e. The molecular weight excluding hydrogens is 260 g/mol. The number of nitrogens with one attached hydrogen (secondary N) is 1. The topological polar surface area (TPSA) is 84.6 Å². The maximum absolute atomic E-state index is 11.9.